The summed E-state index contributed by atoms with van der Waals surface area (Å²) in [4.78, 5) is 36.8. The Kier molecular flexibility index (Phi) is 3.65. The zero-order valence-electron chi connectivity index (χ0n) is 13.4. The van der Waals surface area contributed by atoms with Crippen LogP contribution in [-0.4, -0.2) is 23.5 Å². The number of para-hydroxylation sites is 1. The van der Waals surface area contributed by atoms with Gasteiger partial charge in [0, 0.05) is 5.57 Å². The lowest BCUT2D eigenvalue weighted by Gasteiger charge is -2.12. The van der Waals surface area contributed by atoms with Gasteiger partial charge in [-0.05, 0) is 24.3 Å². The van der Waals surface area contributed by atoms with E-state index in [-0.39, 0.29) is 41.7 Å². The molecule has 8 heteroatoms. The van der Waals surface area contributed by atoms with E-state index in [1.807, 2.05) is 0 Å². The fourth-order valence-corrected chi connectivity index (χ4v) is 2.93. The maximum Gasteiger partial charge on any atom is 0.280 e. The van der Waals surface area contributed by atoms with E-state index in [0.29, 0.717) is 11.4 Å². The van der Waals surface area contributed by atoms with Crippen molar-refractivity contribution >= 4 is 29.3 Å². The van der Waals surface area contributed by atoms with Crippen molar-refractivity contribution in [2.45, 2.75) is 6.42 Å². The van der Waals surface area contributed by atoms with Gasteiger partial charge >= 0.3 is 0 Å². The highest BCUT2D eigenvalue weighted by molar-refractivity contribution is 6.29. The third kappa shape index (κ3) is 2.57. The highest BCUT2D eigenvalue weighted by atomic mass is 16.7. The molecule has 1 fully saturated rings. The van der Waals surface area contributed by atoms with E-state index >= 15 is 0 Å². The Bertz CT molecular complexity index is 967. The molecule has 0 unspecified atom stereocenters. The quantitative estimate of drug-likeness (QED) is 0.364. The fourth-order valence-electron chi connectivity index (χ4n) is 2.93. The first-order chi connectivity index (χ1) is 12.5. The highest BCUT2D eigenvalue weighted by Gasteiger charge is 2.35. The minimum Gasteiger partial charge on any atom is -0.454 e. The maximum absolute atomic E-state index is 12.6. The van der Waals surface area contributed by atoms with Crippen molar-refractivity contribution in [1.29, 1.82) is 0 Å². The summed E-state index contributed by atoms with van der Waals surface area (Å²) in [6.45, 7) is -0.0221. The molecule has 0 radical (unpaired) electrons. The molecule has 130 valence electrons. The van der Waals surface area contributed by atoms with Crippen LogP contribution in [0.4, 0.5) is 11.4 Å². The van der Waals surface area contributed by atoms with Crippen molar-refractivity contribution in [3.63, 3.8) is 0 Å². The molecule has 0 atom stereocenters. The van der Waals surface area contributed by atoms with Crippen LogP contribution in [0.25, 0.3) is 6.08 Å². The van der Waals surface area contributed by atoms with Gasteiger partial charge in [-0.25, -0.2) is 4.90 Å². The molecule has 2 heterocycles. The molecular formula is C18H12N2O6. The average molecular weight is 352 g/mol. The lowest BCUT2D eigenvalue weighted by molar-refractivity contribution is -0.385. The number of benzene rings is 2. The molecule has 0 N–H and O–H groups in total. The van der Waals surface area contributed by atoms with Crippen molar-refractivity contribution < 1.29 is 24.0 Å². The summed E-state index contributed by atoms with van der Waals surface area (Å²) >= 11 is 0. The van der Waals surface area contributed by atoms with Crippen LogP contribution in [0, 0.1) is 10.1 Å². The smallest absolute Gasteiger partial charge is 0.280 e. The van der Waals surface area contributed by atoms with E-state index in [0.717, 1.165) is 4.90 Å². The molecule has 4 rings (SSSR count). The second-order valence-corrected chi connectivity index (χ2v) is 5.74. The molecule has 2 aromatic rings. The average Bonchev–Trinajstić information content (AvgIpc) is 3.19. The Morgan fingerprint density at radius 3 is 2.46 bits per heavy atom. The first kappa shape index (κ1) is 15.8. The van der Waals surface area contributed by atoms with E-state index in [1.165, 1.54) is 18.2 Å². The second-order valence-electron chi connectivity index (χ2n) is 5.74. The Morgan fingerprint density at radius 1 is 1.08 bits per heavy atom. The topological polar surface area (TPSA) is 99.0 Å². The number of hydrogen-bond donors (Lipinski definition) is 0. The van der Waals surface area contributed by atoms with E-state index in [2.05, 4.69) is 0 Å². The summed E-state index contributed by atoms with van der Waals surface area (Å²) in [5.74, 6) is -0.235. The first-order valence-corrected chi connectivity index (χ1v) is 7.75. The predicted octanol–water partition coefficient (Wildman–Crippen LogP) is 2.67. The van der Waals surface area contributed by atoms with Gasteiger partial charge in [-0.1, -0.05) is 18.2 Å². The van der Waals surface area contributed by atoms with E-state index in [4.69, 9.17) is 9.47 Å². The van der Waals surface area contributed by atoms with Crippen LogP contribution < -0.4 is 14.4 Å². The van der Waals surface area contributed by atoms with Crippen molar-refractivity contribution in [1.82, 2.24) is 0 Å². The number of carbonyl (C=O) groups excluding carboxylic acids is 2. The third-order valence-electron chi connectivity index (χ3n) is 4.13. The lowest BCUT2D eigenvalue weighted by Crippen LogP contribution is -2.28. The van der Waals surface area contributed by atoms with Crippen molar-refractivity contribution in [2.75, 3.05) is 11.7 Å². The molecule has 0 aliphatic carbocycles. The van der Waals surface area contributed by atoms with Crippen LogP contribution >= 0.6 is 0 Å². The van der Waals surface area contributed by atoms with Crippen LogP contribution in [0.5, 0.6) is 11.5 Å². The molecule has 2 aliphatic heterocycles. The van der Waals surface area contributed by atoms with Crippen molar-refractivity contribution in [3.05, 3.63) is 63.7 Å². The number of nitrogens with zero attached hydrogens (tertiary/aromatic N) is 2. The molecule has 1 saturated heterocycles. The first-order valence-electron chi connectivity index (χ1n) is 7.75. The van der Waals surface area contributed by atoms with Gasteiger partial charge < -0.3 is 9.47 Å². The number of carbonyl (C=O) groups is 2. The zero-order valence-corrected chi connectivity index (χ0v) is 13.4. The minimum atomic E-state index is -0.565. The van der Waals surface area contributed by atoms with Crippen LogP contribution in [0.1, 0.15) is 12.0 Å². The van der Waals surface area contributed by atoms with Crippen LogP contribution in [0.3, 0.4) is 0 Å². The van der Waals surface area contributed by atoms with E-state index < -0.39 is 10.8 Å². The number of nitro benzene ring substituents is 1. The zero-order chi connectivity index (χ0) is 18.3. The van der Waals surface area contributed by atoms with Crippen LogP contribution in [-0.2, 0) is 9.59 Å². The molecule has 2 amide bonds. The third-order valence-corrected chi connectivity index (χ3v) is 4.13. The number of ether oxygens (including phenoxy) is 2. The monoisotopic (exact) mass is 352 g/mol. The number of hydrogen-bond acceptors (Lipinski definition) is 6. The largest absolute Gasteiger partial charge is 0.454 e. The molecule has 0 saturated carbocycles. The lowest BCUT2D eigenvalue weighted by atomic mass is 10.1. The van der Waals surface area contributed by atoms with Crippen molar-refractivity contribution in [2.24, 2.45) is 0 Å². The molecule has 2 aliphatic rings. The predicted molar refractivity (Wildman–Crippen MR) is 90.7 cm³/mol. The number of amides is 2. The van der Waals surface area contributed by atoms with Gasteiger partial charge in [-0.3, -0.25) is 19.7 Å². The normalized spacial score (nSPS) is 17.2. The summed E-state index contributed by atoms with van der Waals surface area (Å²) in [6.07, 6.45) is 1.24. The van der Waals surface area contributed by atoms with E-state index in [1.54, 1.807) is 30.3 Å². The number of fused-ring (bicyclic) bond motifs is 1. The summed E-state index contributed by atoms with van der Waals surface area (Å²) in [6, 6.07) is 11.2. The Labute approximate surface area is 147 Å². The second kappa shape index (κ2) is 5.99. The molecule has 0 bridgehead atoms. The number of nitro groups is 1. The fraction of sp³-hybridized carbons (Fsp3) is 0.111. The number of imide groups is 1. The molecule has 26 heavy (non-hydrogen) atoms. The maximum atomic E-state index is 12.6. The number of rotatable bonds is 3. The molecule has 0 aromatic heterocycles. The summed E-state index contributed by atoms with van der Waals surface area (Å²) in [5, 5.41) is 11.3. The molecule has 2 aromatic carbocycles. The van der Waals surface area contributed by atoms with Gasteiger partial charge in [0.15, 0.2) is 11.5 Å². The standard InChI is InChI=1S/C18H12N2O6/c21-17-8-12(18(22)19(17)13-4-2-1-3-5-13)6-11-7-15-16(26-10-25-15)9-14(11)20(23)24/h1-7,9H,8,10H2/b12-6+. The summed E-state index contributed by atoms with van der Waals surface area (Å²) < 4.78 is 10.4. The SMILES string of the molecule is O=C1C/C(=C\c2cc3c(cc2[N+](=O)[O-])OCO3)C(=O)N1c1ccccc1. The Hall–Kier alpha value is -3.68. The summed E-state index contributed by atoms with van der Waals surface area (Å²) in [5.41, 5.74) is 0.609. The van der Waals surface area contributed by atoms with Crippen LogP contribution in [0.15, 0.2) is 48.0 Å². The Morgan fingerprint density at radius 2 is 1.77 bits per heavy atom. The minimum absolute atomic E-state index is 0.0221. The molecule has 0 spiro atoms. The Balaban J connectivity index is 1.75. The molecule has 8 nitrogen and oxygen atoms in total. The summed E-state index contributed by atoms with van der Waals surface area (Å²) in [7, 11) is 0. The van der Waals surface area contributed by atoms with Crippen LogP contribution in [0.2, 0.25) is 0 Å². The van der Waals surface area contributed by atoms with Gasteiger partial charge in [0.25, 0.3) is 11.6 Å². The van der Waals surface area contributed by atoms with Gasteiger partial charge in [-0.2, -0.15) is 0 Å². The van der Waals surface area contributed by atoms with E-state index in [9.17, 15) is 19.7 Å². The van der Waals surface area contributed by atoms with Gasteiger partial charge in [0.1, 0.15) is 0 Å². The van der Waals surface area contributed by atoms with Gasteiger partial charge in [-0.15, -0.1) is 0 Å². The highest BCUT2D eigenvalue weighted by Crippen LogP contribution is 2.39. The van der Waals surface area contributed by atoms with Gasteiger partial charge in [0.2, 0.25) is 12.7 Å². The molecular weight excluding hydrogens is 340 g/mol. The van der Waals surface area contributed by atoms with Gasteiger partial charge in [0.05, 0.1) is 28.7 Å². The number of anilines is 1. The van der Waals surface area contributed by atoms with Crippen molar-refractivity contribution in [3.8, 4) is 11.5 Å².